The highest BCUT2D eigenvalue weighted by Gasteiger charge is 2.39. The van der Waals surface area contributed by atoms with Crippen LogP contribution in [-0.4, -0.2) is 95.6 Å². The molecule has 6 heterocycles. The number of aromatic nitrogens is 2. The zero-order valence-corrected chi connectivity index (χ0v) is 16.7. The van der Waals surface area contributed by atoms with Gasteiger partial charge < -0.3 is 26.6 Å². The van der Waals surface area contributed by atoms with Crippen LogP contribution >= 0.6 is 0 Å². The second kappa shape index (κ2) is 7.73. The van der Waals surface area contributed by atoms with Crippen molar-refractivity contribution in [2.75, 3.05) is 56.9 Å². The van der Waals surface area contributed by atoms with Gasteiger partial charge in [0.05, 0.1) is 12.6 Å². The lowest BCUT2D eigenvalue weighted by molar-refractivity contribution is 0.0728. The summed E-state index contributed by atoms with van der Waals surface area (Å²) >= 11 is 0. The lowest BCUT2D eigenvalue weighted by Crippen LogP contribution is -2.61. The summed E-state index contributed by atoms with van der Waals surface area (Å²) in [4.78, 5) is 18.4. The van der Waals surface area contributed by atoms with Crippen molar-refractivity contribution in [2.45, 2.75) is 50.1 Å². The van der Waals surface area contributed by atoms with Gasteiger partial charge in [0.2, 0.25) is 0 Å². The van der Waals surface area contributed by atoms with E-state index in [-0.39, 0.29) is 30.9 Å². The molecule has 0 spiro atoms. The average molecular weight is 407 g/mol. The molecule has 5 aliphatic heterocycles. The minimum absolute atomic E-state index is 0.0101. The Morgan fingerprint density at radius 2 is 2.00 bits per heavy atom. The molecule has 29 heavy (non-hydrogen) atoms. The second-order valence-electron chi connectivity index (χ2n) is 8.72. The van der Waals surface area contributed by atoms with Crippen LogP contribution in [0.15, 0.2) is 0 Å². The fourth-order valence-corrected chi connectivity index (χ4v) is 5.46. The van der Waals surface area contributed by atoms with Gasteiger partial charge in [-0.15, -0.1) is 0 Å². The smallest absolute Gasteiger partial charge is 0.259 e. The maximum atomic E-state index is 13.7. The number of carbonyl (C=O) groups excluding carboxylic acids is 1. The second-order valence-corrected chi connectivity index (χ2v) is 8.72. The number of rotatable bonds is 3. The summed E-state index contributed by atoms with van der Waals surface area (Å²) in [7, 11) is 0. The average Bonchev–Trinajstić information content (AvgIpc) is 2.85. The Labute approximate surface area is 170 Å². The van der Waals surface area contributed by atoms with Gasteiger partial charge in [-0.1, -0.05) is 0 Å². The molecular formula is C19H31FN8O. The van der Waals surface area contributed by atoms with Crippen LogP contribution in [0.5, 0.6) is 0 Å². The number of hydrogen-bond acceptors (Lipinski definition) is 7. The number of fused-ring (bicyclic) bond motifs is 5. The quantitative estimate of drug-likeness (QED) is 0.535. The summed E-state index contributed by atoms with van der Waals surface area (Å²) in [5.41, 5.74) is 6.37. The summed E-state index contributed by atoms with van der Waals surface area (Å²) in [5, 5.41) is 13.8. The summed E-state index contributed by atoms with van der Waals surface area (Å²) in [5.74, 6) is 0.450. The highest BCUT2D eigenvalue weighted by Crippen LogP contribution is 2.28. The van der Waals surface area contributed by atoms with E-state index in [2.05, 4.69) is 30.8 Å². The molecule has 5 N–H and O–H groups in total. The number of nitrogens with zero attached hydrogens (tertiary/aromatic N) is 4. The van der Waals surface area contributed by atoms with Crippen LogP contribution < -0.4 is 21.7 Å². The molecule has 5 aliphatic rings. The van der Waals surface area contributed by atoms with Crippen molar-refractivity contribution >= 4 is 17.5 Å². The van der Waals surface area contributed by atoms with Crippen molar-refractivity contribution in [3.8, 4) is 0 Å². The Morgan fingerprint density at radius 3 is 2.83 bits per heavy atom. The number of amides is 1. The van der Waals surface area contributed by atoms with Crippen LogP contribution in [-0.2, 0) is 6.54 Å². The van der Waals surface area contributed by atoms with Crippen LogP contribution in [0.25, 0.3) is 0 Å². The number of carbonyl (C=O) groups is 1. The highest BCUT2D eigenvalue weighted by atomic mass is 19.1. The monoisotopic (exact) mass is 406 g/mol. The van der Waals surface area contributed by atoms with E-state index >= 15 is 0 Å². The third kappa shape index (κ3) is 3.57. The van der Waals surface area contributed by atoms with Gasteiger partial charge in [-0.25, -0.2) is 9.07 Å². The van der Waals surface area contributed by atoms with E-state index in [1.165, 1.54) is 30.6 Å². The van der Waals surface area contributed by atoms with Crippen molar-refractivity contribution in [1.82, 2.24) is 30.2 Å². The van der Waals surface area contributed by atoms with E-state index in [4.69, 9.17) is 5.73 Å². The van der Waals surface area contributed by atoms with Gasteiger partial charge in [0.25, 0.3) is 5.91 Å². The molecule has 0 aliphatic carbocycles. The molecule has 1 amide bonds. The maximum absolute atomic E-state index is 13.7. The molecule has 9 nitrogen and oxygen atoms in total. The molecule has 0 saturated carbocycles. The molecule has 6 rings (SSSR count). The first-order valence-corrected chi connectivity index (χ1v) is 10.8. The molecule has 1 aromatic heterocycles. The number of alkyl halides is 1. The van der Waals surface area contributed by atoms with Crippen molar-refractivity contribution in [2.24, 2.45) is 0 Å². The van der Waals surface area contributed by atoms with Gasteiger partial charge >= 0.3 is 0 Å². The zero-order valence-electron chi connectivity index (χ0n) is 16.7. The summed E-state index contributed by atoms with van der Waals surface area (Å²) in [6.45, 7) is 6.55. The first-order valence-electron chi connectivity index (χ1n) is 10.8. The van der Waals surface area contributed by atoms with E-state index in [1.54, 1.807) is 0 Å². The molecule has 0 radical (unpaired) electrons. The predicted octanol–water partition coefficient (Wildman–Crippen LogP) is -0.531. The zero-order chi connectivity index (χ0) is 20.0. The van der Waals surface area contributed by atoms with E-state index in [1.807, 2.05) is 0 Å². The molecule has 3 unspecified atom stereocenters. The summed E-state index contributed by atoms with van der Waals surface area (Å²) in [6.07, 6.45) is 2.41. The van der Waals surface area contributed by atoms with Crippen molar-refractivity contribution in [3.63, 3.8) is 0 Å². The number of halogens is 1. The minimum Gasteiger partial charge on any atom is -0.381 e. The first kappa shape index (κ1) is 19.1. The Hall–Kier alpha value is -1.91. The molecule has 0 aromatic carbocycles. The van der Waals surface area contributed by atoms with Crippen LogP contribution in [0.1, 0.15) is 29.6 Å². The van der Waals surface area contributed by atoms with Crippen LogP contribution in [0, 0.1) is 0 Å². The predicted molar refractivity (Wildman–Crippen MR) is 109 cm³/mol. The van der Waals surface area contributed by atoms with Crippen molar-refractivity contribution < 1.29 is 9.18 Å². The summed E-state index contributed by atoms with van der Waals surface area (Å²) < 4.78 is 15.1. The SMILES string of the molecule is Nc1nn2c(c1C(=O)NC1CNCCC1N1CCN3CCC1CC3)NCC(F)C2. The topological polar surface area (TPSA) is 103 Å². The Kier molecular flexibility index (Phi) is 5.09. The van der Waals surface area contributed by atoms with Gasteiger partial charge in [-0.05, 0) is 38.9 Å². The molecule has 2 bridgehead atoms. The normalized spacial score (nSPS) is 34.9. The first-order chi connectivity index (χ1) is 14.1. The highest BCUT2D eigenvalue weighted by molar-refractivity contribution is 6.03. The van der Waals surface area contributed by atoms with Crippen LogP contribution in [0.2, 0.25) is 0 Å². The van der Waals surface area contributed by atoms with Crippen molar-refractivity contribution in [1.29, 1.82) is 0 Å². The molecule has 160 valence electrons. The number of nitrogens with two attached hydrogens (primary N) is 1. The van der Waals surface area contributed by atoms with E-state index in [0.717, 1.165) is 32.6 Å². The Balaban J connectivity index is 1.34. The third-order valence-corrected chi connectivity index (χ3v) is 6.96. The Morgan fingerprint density at radius 1 is 1.17 bits per heavy atom. The van der Waals surface area contributed by atoms with Gasteiger partial charge in [0.1, 0.15) is 17.6 Å². The molecule has 4 fully saturated rings. The molecule has 4 saturated heterocycles. The van der Waals surface area contributed by atoms with Gasteiger partial charge in [0, 0.05) is 38.3 Å². The molecule has 10 heteroatoms. The number of hydrogen-bond donors (Lipinski definition) is 4. The number of piperidine rings is 2. The van der Waals surface area contributed by atoms with Gasteiger partial charge in [-0.3, -0.25) is 9.69 Å². The van der Waals surface area contributed by atoms with E-state index in [0.29, 0.717) is 23.5 Å². The minimum atomic E-state index is -1.03. The summed E-state index contributed by atoms with van der Waals surface area (Å²) in [6, 6.07) is 0.934. The fraction of sp³-hybridized carbons (Fsp3) is 0.789. The van der Waals surface area contributed by atoms with Crippen molar-refractivity contribution in [3.05, 3.63) is 5.56 Å². The molecule has 1 aromatic rings. The van der Waals surface area contributed by atoms with Gasteiger partial charge in [-0.2, -0.15) is 5.10 Å². The molecular weight excluding hydrogens is 375 g/mol. The third-order valence-electron chi connectivity index (χ3n) is 6.96. The van der Waals surface area contributed by atoms with Crippen LogP contribution in [0.3, 0.4) is 0 Å². The number of nitrogen functional groups attached to an aromatic ring is 1. The van der Waals surface area contributed by atoms with Gasteiger partial charge in [0.15, 0.2) is 5.82 Å². The lowest BCUT2D eigenvalue weighted by atomic mass is 9.94. The largest absolute Gasteiger partial charge is 0.381 e. The van der Waals surface area contributed by atoms with Crippen LogP contribution in [0.4, 0.5) is 16.0 Å². The van der Waals surface area contributed by atoms with E-state index < -0.39 is 6.17 Å². The fourth-order valence-electron chi connectivity index (χ4n) is 5.46. The standard InChI is InChI=1S/C19H31FN8O/c20-12-9-23-18-16(17(21)25-28(18)11-12)19(29)24-14-10-22-4-1-15(14)27-8-7-26-5-2-13(27)3-6-26/h12-15,22-23H,1-11H2,(H2,21,25)(H,24,29). The number of anilines is 2. The van der Waals surface area contributed by atoms with E-state index in [9.17, 15) is 9.18 Å². The maximum Gasteiger partial charge on any atom is 0.259 e. The Bertz CT molecular complexity index is 762. The number of nitrogens with one attached hydrogen (secondary N) is 3. The molecule has 3 atom stereocenters. The lowest BCUT2D eigenvalue weighted by Gasteiger charge is -2.43.